The van der Waals surface area contributed by atoms with Gasteiger partial charge in [-0.25, -0.2) is 0 Å². The van der Waals surface area contributed by atoms with E-state index in [1.807, 2.05) is 54.3 Å². The van der Waals surface area contributed by atoms with Crippen LogP contribution in [-0.2, 0) is 4.79 Å². The molecule has 0 radical (unpaired) electrons. The van der Waals surface area contributed by atoms with Crippen LogP contribution in [0.2, 0.25) is 0 Å². The lowest BCUT2D eigenvalue weighted by Gasteiger charge is -2.25. The van der Waals surface area contributed by atoms with Gasteiger partial charge in [0.15, 0.2) is 5.82 Å². The molecule has 3 rings (SSSR count). The van der Waals surface area contributed by atoms with Crippen molar-refractivity contribution in [2.24, 2.45) is 0 Å². The highest BCUT2D eigenvalue weighted by atomic mass is 16.5. The molecule has 3 heterocycles. The monoisotopic (exact) mass is 388 g/mol. The molecule has 0 spiro atoms. The maximum atomic E-state index is 13.2. The highest BCUT2D eigenvalue weighted by Gasteiger charge is 2.27. The molecule has 0 aliphatic carbocycles. The maximum absolute atomic E-state index is 13.2. The Morgan fingerprint density at radius 2 is 2.00 bits per heavy atom. The molecule has 1 fully saturated rings. The first-order valence-corrected chi connectivity index (χ1v) is 9.62. The van der Waals surface area contributed by atoms with Gasteiger partial charge in [-0.2, -0.15) is 0 Å². The number of carbonyl (C=O) groups is 2. The summed E-state index contributed by atoms with van der Waals surface area (Å²) in [5.74, 6) is 0.591. The van der Waals surface area contributed by atoms with Crippen molar-refractivity contribution in [3.8, 4) is 5.82 Å². The highest BCUT2D eigenvalue weighted by Crippen LogP contribution is 2.24. The maximum Gasteiger partial charge on any atom is 0.317 e. The third-order valence-corrected chi connectivity index (χ3v) is 5.50. The summed E-state index contributed by atoms with van der Waals surface area (Å²) in [5.41, 5.74) is 2.46. The third-order valence-electron chi connectivity index (χ3n) is 5.50. The first-order valence-electron chi connectivity index (χ1n) is 9.62. The summed E-state index contributed by atoms with van der Waals surface area (Å²) in [4.78, 5) is 27.9. The van der Waals surface area contributed by atoms with Crippen LogP contribution in [0.3, 0.4) is 0 Å². The van der Waals surface area contributed by atoms with Gasteiger partial charge in [-0.05, 0) is 53.1 Å². The summed E-state index contributed by atoms with van der Waals surface area (Å²) >= 11 is 0. The zero-order chi connectivity index (χ0) is 20.4. The number of likely N-dealkylation sites (tertiary alicyclic amines) is 1. The van der Waals surface area contributed by atoms with Crippen molar-refractivity contribution in [1.29, 1.82) is 0 Å². The summed E-state index contributed by atoms with van der Waals surface area (Å²) in [6, 6.07) is 3.93. The number of nitrogens with zero attached hydrogens (tertiary/aromatic N) is 4. The molecule has 1 amide bonds. The number of amides is 1. The smallest absolute Gasteiger partial charge is 0.317 e. The van der Waals surface area contributed by atoms with Crippen molar-refractivity contribution in [3.63, 3.8) is 0 Å². The van der Waals surface area contributed by atoms with Gasteiger partial charge in [-0.1, -0.05) is 5.16 Å². The molecule has 0 saturated carbocycles. The number of hydrogen-bond acceptors (Lipinski definition) is 5. The van der Waals surface area contributed by atoms with Crippen molar-refractivity contribution in [2.45, 2.75) is 46.1 Å². The van der Waals surface area contributed by atoms with Crippen molar-refractivity contribution < 1.29 is 19.2 Å². The Bertz CT molecular complexity index is 870. The summed E-state index contributed by atoms with van der Waals surface area (Å²) in [7, 11) is 1.84. The summed E-state index contributed by atoms with van der Waals surface area (Å²) in [5, 5.41) is 13.1. The second-order valence-corrected chi connectivity index (χ2v) is 7.60. The fourth-order valence-corrected chi connectivity index (χ4v) is 4.03. The van der Waals surface area contributed by atoms with Crippen LogP contribution in [0.5, 0.6) is 0 Å². The Hall–Kier alpha value is -2.61. The Morgan fingerprint density at radius 1 is 1.25 bits per heavy atom. The van der Waals surface area contributed by atoms with Crippen molar-refractivity contribution in [2.75, 3.05) is 26.7 Å². The summed E-state index contributed by atoms with van der Waals surface area (Å²) < 4.78 is 7.12. The van der Waals surface area contributed by atoms with Gasteiger partial charge in [0.25, 0.3) is 5.91 Å². The first kappa shape index (κ1) is 20.1. The molecule has 1 aliphatic rings. The number of aliphatic carboxylic acids is 1. The summed E-state index contributed by atoms with van der Waals surface area (Å²) in [6.07, 6.45) is 2.53. The average Bonchev–Trinajstić information content (AvgIpc) is 3.05. The van der Waals surface area contributed by atoms with Crippen LogP contribution in [0.25, 0.3) is 5.82 Å². The summed E-state index contributed by atoms with van der Waals surface area (Å²) in [6.45, 7) is 7.05. The molecule has 2 aromatic rings. The van der Waals surface area contributed by atoms with Crippen LogP contribution in [0.4, 0.5) is 0 Å². The van der Waals surface area contributed by atoms with E-state index in [0.717, 1.165) is 36.4 Å². The van der Waals surface area contributed by atoms with Gasteiger partial charge in [0.05, 0.1) is 12.1 Å². The third kappa shape index (κ3) is 4.11. The standard InChI is InChI=1S/C20H28N4O4/c1-13-10-17(15(3)24(13)18-11-14(2)28-21-18)20(27)23-8-5-6-16(7-9-23)22(4)12-19(25)26/h10-11,16H,5-9,12H2,1-4H3,(H,25,26). The van der Waals surface area contributed by atoms with E-state index in [0.29, 0.717) is 24.5 Å². The molecule has 1 unspecified atom stereocenters. The zero-order valence-corrected chi connectivity index (χ0v) is 16.9. The zero-order valence-electron chi connectivity index (χ0n) is 16.9. The number of hydrogen-bond donors (Lipinski definition) is 1. The van der Waals surface area contributed by atoms with E-state index in [9.17, 15) is 9.59 Å². The molecule has 2 aromatic heterocycles. The van der Waals surface area contributed by atoms with Crippen molar-refractivity contribution >= 4 is 11.9 Å². The lowest BCUT2D eigenvalue weighted by molar-refractivity contribution is -0.138. The normalized spacial score (nSPS) is 17.8. The molecule has 152 valence electrons. The van der Waals surface area contributed by atoms with E-state index in [1.165, 1.54) is 0 Å². The molecule has 28 heavy (non-hydrogen) atoms. The molecule has 1 saturated heterocycles. The van der Waals surface area contributed by atoms with E-state index >= 15 is 0 Å². The Balaban J connectivity index is 1.75. The van der Waals surface area contributed by atoms with Gasteiger partial charge in [-0.15, -0.1) is 0 Å². The number of aryl methyl sites for hydroxylation is 2. The van der Waals surface area contributed by atoms with Gasteiger partial charge >= 0.3 is 5.97 Å². The van der Waals surface area contributed by atoms with Crippen LogP contribution in [0.15, 0.2) is 16.7 Å². The molecule has 8 nitrogen and oxygen atoms in total. The largest absolute Gasteiger partial charge is 0.480 e. The van der Waals surface area contributed by atoms with E-state index in [-0.39, 0.29) is 18.5 Å². The lowest BCUT2D eigenvalue weighted by atomic mass is 10.1. The molecular formula is C20H28N4O4. The Kier molecular flexibility index (Phi) is 5.88. The van der Waals surface area contributed by atoms with Crippen LogP contribution in [0.1, 0.15) is 46.8 Å². The Labute approximate surface area is 164 Å². The number of carboxylic acid groups (broad SMARTS) is 1. The van der Waals surface area contributed by atoms with Crippen LogP contribution < -0.4 is 0 Å². The van der Waals surface area contributed by atoms with Crippen molar-refractivity contribution in [3.05, 3.63) is 34.8 Å². The lowest BCUT2D eigenvalue weighted by Crippen LogP contribution is -2.37. The van der Waals surface area contributed by atoms with Gasteiger partial charge in [-0.3, -0.25) is 19.1 Å². The van der Waals surface area contributed by atoms with E-state index in [1.54, 1.807) is 0 Å². The van der Waals surface area contributed by atoms with Crippen LogP contribution in [0, 0.1) is 20.8 Å². The topological polar surface area (TPSA) is 91.8 Å². The minimum atomic E-state index is -0.824. The second kappa shape index (κ2) is 8.18. The number of likely N-dealkylation sites (N-methyl/N-ethyl adjacent to an activating group) is 1. The fourth-order valence-electron chi connectivity index (χ4n) is 4.03. The predicted molar refractivity (Wildman–Crippen MR) is 104 cm³/mol. The molecule has 1 N–H and O–H groups in total. The molecule has 1 aliphatic heterocycles. The van der Waals surface area contributed by atoms with E-state index in [2.05, 4.69) is 5.16 Å². The molecule has 0 aromatic carbocycles. The van der Waals surface area contributed by atoms with Gasteiger partial charge in [0.1, 0.15) is 5.76 Å². The molecule has 0 bridgehead atoms. The average molecular weight is 388 g/mol. The fraction of sp³-hybridized carbons (Fsp3) is 0.550. The molecule has 8 heteroatoms. The Morgan fingerprint density at radius 3 is 2.64 bits per heavy atom. The van der Waals surface area contributed by atoms with E-state index in [4.69, 9.17) is 9.63 Å². The van der Waals surface area contributed by atoms with Gasteiger partial charge in [0.2, 0.25) is 0 Å². The number of rotatable bonds is 5. The minimum absolute atomic E-state index is 0.0149. The second-order valence-electron chi connectivity index (χ2n) is 7.60. The molecule has 1 atom stereocenters. The number of aromatic nitrogens is 2. The van der Waals surface area contributed by atoms with Gasteiger partial charge in [0, 0.05) is 36.6 Å². The van der Waals surface area contributed by atoms with E-state index < -0.39 is 5.97 Å². The SMILES string of the molecule is Cc1cc(-n2c(C)cc(C(=O)N3CCCC(N(C)CC(=O)O)CC3)c2C)no1. The quantitative estimate of drug-likeness (QED) is 0.846. The molecular weight excluding hydrogens is 360 g/mol. The number of carbonyl (C=O) groups excluding carboxylic acids is 1. The van der Waals surface area contributed by atoms with Crippen molar-refractivity contribution in [1.82, 2.24) is 19.5 Å². The number of carboxylic acids is 1. The first-order chi connectivity index (χ1) is 13.3. The van der Waals surface area contributed by atoms with Crippen LogP contribution in [-0.4, -0.2) is 69.2 Å². The highest BCUT2D eigenvalue weighted by molar-refractivity contribution is 5.96. The minimum Gasteiger partial charge on any atom is -0.480 e. The predicted octanol–water partition coefficient (Wildman–Crippen LogP) is 2.40. The van der Waals surface area contributed by atoms with Crippen LogP contribution >= 0.6 is 0 Å². The van der Waals surface area contributed by atoms with Gasteiger partial charge < -0.3 is 14.5 Å².